The number of hydrogen-bond donors (Lipinski definition) is 2. The lowest BCUT2D eigenvalue weighted by molar-refractivity contribution is 0.0166. The first-order valence-corrected chi connectivity index (χ1v) is 4.69. The minimum Gasteiger partial charge on any atom is -0.392 e. The van der Waals surface area contributed by atoms with E-state index in [1.54, 1.807) is 6.92 Å². The van der Waals surface area contributed by atoms with Gasteiger partial charge < -0.3 is 10.2 Å². The molecule has 0 bridgehead atoms. The SMILES string of the molecule is CC(O)CN1C[C@@H](O)CC[C@@H]1C. The fourth-order valence-electron chi connectivity index (χ4n) is 1.75. The largest absolute Gasteiger partial charge is 0.392 e. The second-order valence-electron chi connectivity index (χ2n) is 3.88. The summed E-state index contributed by atoms with van der Waals surface area (Å²) in [5.74, 6) is 0. The third-order valence-electron chi connectivity index (χ3n) is 2.49. The van der Waals surface area contributed by atoms with Crippen molar-refractivity contribution < 1.29 is 10.2 Å². The molecule has 1 saturated heterocycles. The molecule has 12 heavy (non-hydrogen) atoms. The van der Waals surface area contributed by atoms with Crippen molar-refractivity contribution in [2.24, 2.45) is 0 Å². The first kappa shape index (κ1) is 9.96. The van der Waals surface area contributed by atoms with Gasteiger partial charge in [0.25, 0.3) is 0 Å². The third kappa shape index (κ3) is 2.73. The molecule has 1 aliphatic rings. The van der Waals surface area contributed by atoms with Crippen molar-refractivity contribution in [3.05, 3.63) is 0 Å². The Hall–Kier alpha value is -0.120. The molecule has 3 heteroatoms. The summed E-state index contributed by atoms with van der Waals surface area (Å²) < 4.78 is 0. The topological polar surface area (TPSA) is 43.7 Å². The molecule has 1 unspecified atom stereocenters. The zero-order chi connectivity index (χ0) is 9.14. The standard InChI is InChI=1S/C9H19NO2/c1-7-3-4-9(12)6-10(7)5-8(2)11/h7-9,11-12H,3-6H2,1-2H3/t7-,8?,9-/m0/s1. The van der Waals surface area contributed by atoms with E-state index in [0.717, 1.165) is 12.8 Å². The number of nitrogens with zero attached hydrogens (tertiary/aromatic N) is 1. The normalized spacial score (nSPS) is 35.0. The van der Waals surface area contributed by atoms with Crippen LogP contribution in [0.15, 0.2) is 0 Å². The van der Waals surface area contributed by atoms with Gasteiger partial charge >= 0.3 is 0 Å². The molecule has 0 amide bonds. The van der Waals surface area contributed by atoms with Gasteiger partial charge in [0.1, 0.15) is 0 Å². The maximum Gasteiger partial charge on any atom is 0.0667 e. The summed E-state index contributed by atoms with van der Waals surface area (Å²) in [7, 11) is 0. The summed E-state index contributed by atoms with van der Waals surface area (Å²) in [6, 6.07) is 0.503. The van der Waals surface area contributed by atoms with Crippen LogP contribution in [0.5, 0.6) is 0 Å². The lowest BCUT2D eigenvalue weighted by Crippen LogP contribution is -2.46. The molecule has 0 aromatic heterocycles. The van der Waals surface area contributed by atoms with E-state index in [1.807, 2.05) is 0 Å². The molecular formula is C9H19NO2. The van der Waals surface area contributed by atoms with Crippen LogP contribution in [0, 0.1) is 0 Å². The molecule has 72 valence electrons. The Balaban J connectivity index is 2.38. The smallest absolute Gasteiger partial charge is 0.0667 e. The predicted molar refractivity (Wildman–Crippen MR) is 48.0 cm³/mol. The summed E-state index contributed by atoms with van der Waals surface area (Å²) >= 11 is 0. The van der Waals surface area contributed by atoms with Gasteiger partial charge in [-0.25, -0.2) is 0 Å². The monoisotopic (exact) mass is 173 g/mol. The first-order chi connectivity index (χ1) is 5.59. The Morgan fingerprint density at radius 1 is 1.50 bits per heavy atom. The molecule has 1 aliphatic heterocycles. The van der Waals surface area contributed by atoms with Crippen LogP contribution in [0.2, 0.25) is 0 Å². The zero-order valence-electron chi connectivity index (χ0n) is 7.90. The number of rotatable bonds is 2. The minimum absolute atomic E-state index is 0.194. The van der Waals surface area contributed by atoms with Crippen LogP contribution in [-0.4, -0.2) is 46.5 Å². The van der Waals surface area contributed by atoms with Crippen molar-refractivity contribution in [2.75, 3.05) is 13.1 Å². The second-order valence-corrected chi connectivity index (χ2v) is 3.88. The van der Waals surface area contributed by atoms with Crippen molar-refractivity contribution in [2.45, 2.75) is 44.9 Å². The molecular weight excluding hydrogens is 154 g/mol. The molecule has 0 aliphatic carbocycles. The van der Waals surface area contributed by atoms with Gasteiger partial charge in [-0.1, -0.05) is 0 Å². The van der Waals surface area contributed by atoms with E-state index in [9.17, 15) is 10.2 Å². The minimum atomic E-state index is -0.294. The predicted octanol–water partition coefficient (Wildman–Crippen LogP) is 0.212. The molecule has 0 aromatic rings. The summed E-state index contributed by atoms with van der Waals surface area (Å²) in [5.41, 5.74) is 0. The summed E-state index contributed by atoms with van der Waals surface area (Å²) in [6.07, 6.45) is 1.45. The quantitative estimate of drug-likeness (QED) is 0.627. The van der Waals surface area contributed by atoms with Crippen LogP contribution in [0.3, 0.4) is 0 Å². The average Bonchev–Trinajstić information content (AvgIpc) is 1.96. The maximum atomic E-state index is 9.39. The van der Waals surface area contributed by atoms with Crippen LogP contribution >= 0.6 is 0 Å². The number of aliphatic hydroxyl groups is 2. The van der Waals surface area contributed by atoms with E-state index in [4.69, 9.17) is 0 Å². The van der Waals surface area contributed by atoms with Gasteiger partial charge in [-0.05, 0) is 26.7 Å². The maximum absolute atomic E-state index is 9.39. The number of aliphatic hydroxyl groups excluding tert-OH is 2. The Bertz CT molecular complexity index is 136. The Labute approximate surface area is 74.0 Å². The van der Waals surface area contributed by atoms with Crippen LogP contribution in [0.25, 0.3) is 0 Å². The van der Waals surface area contributed by atoms with E-state index < -0.39 is 0 Å². The van der Waals surface area contributed by atoms with E-state index >= 15 is 0 Å². The van der Waals surface area contributed by atoms with Crippen molar-refractivity contribution in [1.82, 2.24) is 4.90 Å². The summed E-state index contributed by atoms with van der Waals surface area (Å²) in [6.45, 7) is 5.33. The molecule has 2 N–H and O–H groups in total. The van der Waals surface area contributed by atoms with E-state index in [2.05, 4.69) is 11.8 Å². The lowest BCUT2D eigenvalue weighted by Gasteiger charge is -2.36. The van der Waals surface area contributed by atoms with Crippen molar-refractivity contribution in [3.8, 4) is 0 Å². The third-order valence-corrected chi connectivity index (χ3v) is 2.49. The second kappa shape index (κ2) is 4.21. The van der Waals surface area contributed by atoms with Gasteiger partial charge in [0.2, 0.25) is 0 Å². The van der Waals surface area contributed by atoms with Crippen molar-refractivity contribution in [1.29, 1.82) is 0 Å². The van der Waals surface area contributed by atoms with Gasteiger partial charge in [0, 0.05) is 19.1 Å². The van der Waals surface area contributed by atoms with Crippen LogP contribution in [-0.2, 0) is 0 Å². The number of β-amino-alcohol motifs (C(OH)–C–C–N with tert-alkyl or cyclic N) is 2. The molecule has 3 nitrogen and oxygen atoms in total. The van der Waals surface area contributed by atoms with Gasteiger partial charge in [0.15, 0.2) is 0 Å². The van der Waals surface area contributed by atoms with Gasteiger partial charge in [0.05, 0.1) is 12.2 Å². The average molecular weight is 173 g/mol. The molecule has 1 rings (SSSR count). The van der Waals surface area contributed by atoms with Gasteiger partial charge in [-0.2, -0.15) is 0 Å². The first-order valence-electron chi connectivity index (χ1n) is 4.69. The van der Waals surface area contributed by atoms with Crippen molar-refractivity contribution in [3.63, 3.8) is 0 Å². The molecule has 0 radical (unpaired) electrons. The van der Waals surface area contributed by atoms with E-state index in [-0.39, 0.29) is 12.2 Å². The number of piperidine rings is 1. The molecule has 3 atom stereocenters. The van der Waals surface area contributed by atoms with E-state index in [0.29, 0.717) is 19.1 Å². The summed E-state index contributed by atoms with van der Waals surface area (Å²) in [5, 5.41) is 18.6. The molecule has 1 heterocycles. The van der Waals surface area contributed by atoms with Gasteiger partial charge in [-0.3, -0.25) is 4.90 Å². The fraction of sp³-hybridized carbons (Fsp3) is 1.00. The number of likely N-dealkylation sites (tertiary alicyclic amines) is 1. The van der Waals surface area contributed by atoms with E-state index in [1.165, 1.54) is 0 Å². The lowest BCUT2D eigenvalue weighted by atomic mass is 10.0. The van der Waals surface area contributed by atoms with Crippen LogP contribution in [0.4, 0.5) is 0 Å². The molecule has 0 spiro atoms. The molecule has 1 fully saturated rings. The highest BCUT2D eigenvalue weighted by Gasteiger charge is 2.24. The number of hydrogen-bond acceptors (Lipinski definition) is 3. The summed E-state index contributed by atoms with van der Waals surface area (Å²) in [4.78, 5) is 2.15. The molecule has 0 aromatic carbocycles. The Morgan fingerprint density at radius 2 is 2.17 bits per heavy atom. The Kier molecular flexibility index (Phi) is 3.50. The fourth-order valence-corrected chi connectivity index (χ4v) is 1.75. The van der Waals surface area contributed by atoms with Crippen molar-refractivity contribution >= 4 is 0 Å². The highest BCUT2D eigenvalue weighted by molar-refractivity contribution is 4.79. The Morgan fingerprint density at radius 3 is 2.75 bits per heavy atom. The van der Waals surface area contributed by atoms with Crippen LogP contribution < -0.4 is 0 Å². The highest BCUT2D eigenvalue weighted by atomic mass is 16.3. The molecule has 0 saturated carbocycles. The highest BCUT2D eigenvalue weighted by Crippen LogP contribution is 2.16. The zero-order valence-corrected chi connectivity index (χ0v) is 7.90. The van der Waals surface area contributed by atoms with Crippen LogP contribution in [0.1, 0.15) is 26.7 Å². The van der Waals surface area contributed by atoms with Gasteiger partial charge in [-0.15, -0.1) is 0 Å².